The van der Waals surface area contributed by atoms with Crippen LogP contribution in [0.4, 0.5) is 11.5 Å². The summed E-state index contributed by atoms with van der Waals surface area (Å²) in [6.07, 6.45) is 1.82. The molecular weight excluding hydrogens is 366 g/mol. The summed E-state index contributed by atoms with van der Waals surface area (Å²) in [5.41, 5.74) is 2.41. The third kappa shape index (κ3) is 5.76. The number of benzene rings is 1. The van der Waals surface area contributed by atoms with Crippen LogP contribution in [-0.4, -0.2) is 79.7 Å². The molecule has 154 valence electrons. The number of nitrogens with zero attached hydrogens (tertiary/aromatic N) is 4. The maximum absolute atomic E-state index is 12.4. The van der Waals surface area contributed by atoms with Crippen LogP contribution in [0.15, 0.2) is 48.7 Å². The van der Waals surface area contributed by atoms with Gasteiger partial charge in [-0.1, -0.05) is 30.3 Å². The van der Waals surface area contributed by atoms with Crippen LogP contribution in [0.3, 0.4) is 0 Å². The Bertz CT molecular complexity index is 770. The lowest BCUT2D eigenvalue weighted by Gasteiger charge is -2.34. The Kier molecular flexibility index (Phi) is 6.71. The molecule has 0 bridgehead atoms. The van der Waals surface area contributed by atoms with Crippen LogP contribution < -0.4 is 10.2 Å². The number of carbonyl (C=O) groups is 1. The minimum Gasteiger partial charge on any atom is -0.378 e. The highest BCUT2D eigenvalue weighted by atomic mass is 16.5. The smallest absolute Gasteiger partial charge is 0.239 e. The van der Waals surface area contributed by atoms with E-state index in [0.717, 1.165) is 64.7 Å². The molecule has 1 N–H and O–H groups in total. The van der Waals surface area contributed by atoms with Gasteiger partial charge in [0, 0.05) is 45.8 Å². The molecule has 2 fully saturated rings. The molecule has 0 atom stereocenters. The lowest BCUT2D eigenvalue weighted by atomic mass is 10.2. The largest absolute Gasteiger partial charge is 0.378 e. The van der Waals surface area contributed by atoms with Crippen molar-refractivity contribution < 1.29 is 9.53 Å². The molecule has 1 amide bonds. The van der Waals surface area contributed by atoms with Crippen molar-refractivity contribution in [3.63, 3.8) is 0 Å². The number of ether oxygens (including phenoxy) is 1. The number of anilines is 2. The van der Waals surface area contributed by atoms with E-state index in [-0.39, 0.29) is 5.91 Å². The number of carbonyl (C=O) groups excluding carboxylic acids is 1. The fourth-order valence-electron chi connectivity index (χ4n) is 3.80. The molecule has 1 aromatic carbocycles. The number of hydrogen-bond donors (Lipinski definition) is 1. The highest BCUT2D eigenvalue weighted by molar-refractivity contribution is 5.91. The molecule has 2 aliphatic heterocycles. The average Bonchev–Trinajstić information content (AvgIpc) is 2.77. The SMILES string of the molecule is O=C(CN1CCN(Cc2ccccc2)CC1)Nc1ccc(N2CCOCC2)cn1. The van der Waals surface area contributed by atoms with E-state index in [2.05, 4.69) is 49.3 Å². The molecular formula is C22H29N5O2. The van der Waals surface area contributed by atoms with E-state index in [0.29, 0.717) is 12.4 Å². The van der Waals surface area contributed by atoms with E-state index in [4.69, 9.17) is 4.74 Å². The standard InChI is InChI=1S/C22H29N5O2/c28-22(24-21-7-6-20(16-23-21)27-12-14-29-15-13-27)18-26-10-8-25(9-11-26)17-19-4-2-1-3-5-19/h1-7,16H,8-15,17-18H2,(H,23,24,28). The van der Waals surface area contributed by atoms with Crippen LogP contribution in [0.25, 0.3) is 0 Å². The van der Waals surface area contributed by atoms with Crippen molar-refractivity contribution in [3.8, 4) is 0 Å². The van der Waals surface area contributed by atoms with Gasteiger partial charge in [0.15, 0.2) is 0 Å². The van der Waals surface area contributed by atoms with E-state index in [9.17, 15) is 4.79 Å². The number of aromatic nitrogens is 1. The van der Waals surface area contributed by atoms with Crippen LogP contribution in [0.5, 0.6) is 0 Å². The minimum absolute atomic E-state index is 0.00636. The van der Waals surface area contributed by atoms with Gasteiger partial charge in [-0.15, -0.1) is 0 Å². The lowest BCUT2D eigenvalue weighted by molar-refractivity contribution is -0.117. The zero-order chi connectivity index (χ0) is 19.9. The molecule has 1 aromatic heterocycles. The van der Waals surface area contributed by atoms with E-state index in [1.807, 2.05) is 24.4 Å². The highest BCUT2D eigenvalue weighted by Gasteiger charge is 2.19. The van der Waals surface area contributed by atoms with Gasteiger partial charge >= 0.3 is 0 Å². The first-order chi connectivity index (χ1) is 14.3. The minimum atomic E-state index is -0.00636. The first-order valence-corrected chi connectivity index (χ1v) is 10.3. The summed E-state index contributed by atoms with van der Waals surface area (Å²) in [7, 11) is 0. The monoisotopic (exact) mass is 395 g/mol. The number of pyridine rings is 1. The summed E-state index contributed by atoms with van der Waals surface area (Å²) < 4.78 is 5.38. The number of piperazine rings is 1. The van der Waals surface area contributed by atoms with E-state index < -0.39 is 0 Å². The summed E-state index contributed by atoms with van der Waals surface area (Å²) in [5, 5.41) is 2.92. The predicted molar refractivity (Wildman–Crippen MR) is 114 cm³/mol. The molecule has 3 heterocycles. The van der Waals surface area contributed by atoms with E-state index >= 15 is 0 Å². The number of morpholine rings is 1. The van der Waals surface area contributed by atoms with E-state index in [1.165, 1.54) is 5.56 Å². The van der Waals surface area contributed by atoms with Crippen molar-refractivity contribution in [1.29, 1.82) is 0 Å². The van der Waals surface area contributed by atoms with Crippen molar-refractivity contribution in [2.75, 3.05) is 69.2 Å². The Morgan fingerprint density at radius 2 is 1.66 bits per heavy atom. The maximum Gasteiger partial charge on any atom is 0.239 e. The number of hydrogen-bond acceptors (Lipinski definition) is 6. The fraction of sp³-hybridized carbons (Fsp3) is 0.455. The fourth-order valence-corrected chi connectivity index (χ4v) is 3.80. The molecule has 2 aliphatic rings. The number of amides is 1. The maximum atomic E-state index is 12.4. The van der Waals surface area contributed by atoms with Crippen LogP contribution >= 0.6 is 0 Å². The molecule has 0 aliphatic carbocycles. The summed E-state index contributed by atoms with van der Waals surface area (Å²) in [6.45, 7) is 8.41. The molecule has 4 rings (SSSR count). The molecule has 7 nitrogen and oxygen atoms in total. The summed E-state index contributed by atoms with van der Waals surface area (Å²) in [5.74, 6) is 0.600. The number of nitrogens with one attached hydrogen (secondary N) is 1. The average molecular weight is 396 g/mol. The molecule has 0 unspecified atom stereocenters. The first kappa shape index (κ1) is 19.8. The van der Waals surface area contributed by atoms with Crippen molar-refractivity contribution in [1.82, 2.24) is 14.8 Å². The molecule has 2 aromatic rings. The zero-order valence-corrected chi connectivity index (χ0v) is 16.8. The third-order valence-electron chi connectivity index (χ3n) is 5.47. The molecule has 29 heavy (non-hydrogen) atoms. The topological polar surface area (TPSA) is 60.9 Å². The quantitative estimate of drug-likeness (QED) is 0.803. The first-order valence-electron chi connectivity index (χ1n) is 10.3. The Morgan fingerprint density at radius 3 is 2.34 bits per heavy atom. The van der Waals surface area contributed by atoms with E-state index in [1.54, 1.807) is 0 Å². The van der Waals surface area contributed by atoms with Crippen molar-refractivity contribution in [2.45, 2.75) is 6.54 Å². The Labute approximate surface area is 172 Å². The predicted octanol–water partition coefficient (Wildman–Crippen LogP) is 1.67. The van der Waals surface area contributed by atoms with Gasteiger partial charge in [0.25, 0.3) is 0 Å². The Balaban J connectivity index is 1.20. The molecule has 0 spiro atoms. The van der Waals surface area contributed by atoms with Gasteiger partial charge in [-0.05, 0) is 17.7 Å². The number of rotatable bonds is 6. The van der Waals surface area contributed by atoms with Crippen LogP contribution in [0.1, 0.15) is 5.56 Å². The lowest BCUT2D eigenvalue weighted by Crippen LogP contribution is -2.48. The van der Waals surface area contributed by atoms with Gasteiger partial charge in [-0.2, -0.15) is 0 Å². The van der Waals surface area contributed by atoms with Crippen molar-refractivity contribution in [3.05, 3.63) is 54.2 Å². The third-order valence-corrected chi connectivity index (χ3v) is 5.47. The van der Waals surface area contributed by atoms with Crippen LogP contribution in [0.2, 0.25) is 0 Å². The normalized spacial score (nSPS) is 18.6. The molecule has 2 saturated heterocycles. The van der Waals surface area contributed by atoms with Gasteiger partial charge in [0.2, 0.25) is 5.91 Å². The van der Waals surface area contributed by atoms with Crippen molar-refractivity contribution in [2.24, 2.45) is 0 Å². The molecule has 0 radical (unpaired) electrons. The highest BCUT2D eigenvalue weighted by Crippen LogP contribution is 2.16. The summed E-state index contributed by atoms with van der Waals surface area (Å²) in [4.78, 5) is 23.7. The summed E-state index contributed by atoms with van der Waals surface area (Å²) in [6, 6.07) is 14.4. The van der Waals surface area contributed by atoms with Crippen LogP contribution in [-0.2, 0) is 16.1 Å². The Hall–Kier alpha value is -2.48. The van der Waals surface area contributed by atoms with Gasteiger partial charge in [-0.25, -0.2) is 4.98 Å². The second-order valence-electron chi connectivity index (χ2n) is 7.59. The van der Waals surface area contributed by atoms with Crippen LogP contribution in [0, 0.1) is 0 Å². The van der Waals surface area contributed by atoms with Gasteiger partial charge in [-0.3, -0.25) is 14.6 Å². The van der Waals surface area contributed by atoms with Gasteiger partial charge < -0.3 is 15.0 Å². The zero-order valence-electron chi connectivity index (χ0n) is 16.8. The molecule has 7 heteroatoms. The summed E-state index contributed by atoms with van der Waals surface area (Å²) >= 11 is 0. The van der Waals surface area contributed by atoms with Gasteiger partial charge in [0.05, 0.1) is 31.6 Å². The molecule has 0 saturated carbocycles. The second kappa shape index (κ2) is 9.82. The van der Waals surface area contributed by atoms with Gasteiger partial charge in [0.1, 0.15) is 5.82 Å². The second-order valence-corrected chi connectivity index (χ2v) is 7.59. The Morgan fingerprint density at radius 1 is 0.931 bits per heavy atom. The van der Waals surface area contributed by atoms with Crippen molar-refractivity contribution >= 4 is 17.4 Å².